The molecule has 1 aromatic carbocycles. The van der Waals surface area contributed by atoms with Gasteiger partial charge >= 0.3 is 0 Å². The Kier molecular flexibility index (Phi) is 4.23. The fourth-order valence-electron chi connectivity index (χ4n) is 0.813. The van der Waals surface area contributed by atoms with Crippen molar-refractivity contribution in [1.29, 1.82) is 0 Å². The van der Waals surface area contributed by atoms with Crippen molar-refractivity contribution < 1.29 is 4.79 Å². The van der Waals surface area contributed by atoms with Gasteiger partial charge in [0.2, 0.25) is 0 Å². The molecule has 0 amide bonds. The van der Waals surface area contributed by atoms with Crippen LogP contribution < -0.4 is 0 Å². The van der Waals surface area contributed by atoms with Crippen LogP contribution in [-0.4, -0.2) is 11.1 Å². The Bertz CT molecular complexity index is 352. The van der Waals surface area contributed by atoms with E-state index >= 15 is 0 Å². The molecule has 5 heteroatoms. The second-order valence-electron chi connectivity index (χ2n) is 2.28. The third-order valence-electron chi connectivity index (χ3n) is 1.46. The second-order valence-corrected chi connectivity index (χ2v) is 4.42. The average Bonchev–Trinajstić information content (AvgIpc) is 2.13. The number of Topliss-reactive ketones (excluding diaryl/α,β-unsaturated/α-hetero) is 1. The van der Waals surface area contributed by atoms with Gasteiger partial charge in [0.15, 0.2) is 5.78 Å². The molecule has 0 radical (unpaired) electrons. The van der Waals surface area contributed by atoms with Crippen LogP contribution in [0.2, 0.25) is 10.0 Å². The smallest absolute Gasteiger partial charge is 0.174 e. The summed E-state index contributed by atoms with van der Waals surface area (Å²) < 4.78 is 0.547. The summed E-state index contributed by atoms with van der Waals surface area (Å²) in [5, 5.41) is 1.07. The molecule has 0 saturated carbocycles. The molecule has 0 bridgehead atoms. The first-order valence-electron chi connectivity index (χ1n) is 3.30. The Balaban J connectivity index is 3.26. The van der Waals surface area contributed by atoms with Crippen LogP contribution in [0.3, 0.4) is 0 Å². The number of carbonyl (C=O) groups excluding carboxylic acids is 1. The van der Waals surface area contributed by atoms with Crippen molar-refractivity contribution in [2.24, 2.45) is 0 Å². The number of hydrogen-bond donors (Lipinski definition) is 0. The molecule has 1 aromatic rings. The zero-order valence-electron chi connectivity index (χ0n) is 6.28. The lowest BCUT2D eigenvalue weighted by Gasteiger charge is -2.04. The van der Waals surface area contributed by atoms with Gasteiger partial charge < -0.3 is 0 Å². The first-order valence-corrected chi connectivity index (χ1v) is 5.97. The minimum atomic E-state index is -0.0366. The van der Waals surface area contributed by atoms with E-state index in [2.05, 4.69) is 31.9 Å². The third-order valence-corrected chi connectivity index (χ3v) is 3.82. The van der Waals surface area contributed by atoms with E-state index in [-0.39, 0.29) is 11.1 Å². The molecule has 0 aliphatic rings. The van der Waals surface area contributed by atoms with Crippen molar-refractivity contribution in [3.8, 4) is 0 Å². The van der Waals surface area contributed by atoms with Crippen molar-refractivity contribution in [2.45, 2.75) is 0 Å². The highest BCUT2D eigenvalue weighted by molar-refractivity contribution is 9.10. The SMILES string of the molecule is O=C(CBr)c1ccc(Cl)c(Cl)c1Br. The van der Waals surface area contributed by atoms with E-state index in [1.807, 2.05) is 0 Å². The van der Waals surface area contributed by atoms with Crippen molar-refractivity contribution in [3.63, 3.8) is 0 Å². The lowest BCUT2D eigenvalue weighted by molar-refractivity contribution is 0.102. The zero-order valence-corrected chi connectivity index (χ0v) is 11.0. The van der Waals surface area contributed by atoms with Crippen molar-refractivity contribution >= 4 is 60.8 Å². The number of benzene rings is 1. The normalized spacial score (nSPS) is 10.2. The Hall–Kier alpha value is 0.430. The lowest BCUT2D eigenvalue weighted by atomic mass is 10.1. The van der Waals surface area contributed by atoms with E-state index in [1.54, 1.807) is 12.1 Å². The highest BCUT2D eigenvalue weighted by Crippen LogP contribution is 2.33. The Morgan fingerprint density at radius 2 is 2.00 bits per heavy atom. The maximum atomic E-state index is 11.3. The molecule has 70 valence electrons. The molecule has 0 atom stereocenters. The van der Waals surface area contributed by atoms with Crippen LogP contribution in [0, 0.1) is 0 Å². The van der Waals surface area contributed by atoms with Crippen LogP contribution in [0.4, 0.5) is 0 Å². The molecule has 0 aliphatic carbocycles. The van der Waals surface area contributed by atoms with Crippen LogP contribution in [0.25, 0.3) is 0 Å². The molecule has 1 rings (SSSR count). The van der Waals surface area contributed by atoms with Crippen molar-refractivity contribution in [3.05, 3.63) is 32.2 Å². The van der Waals surface area contributed by atoms with Crippen molar-refractivity contribution in [1.82, 2.24) is 0 Å². The molecule has 0 aliphatic heterocycles. The van der Waals surface area contributed by atoms with Gasteiger partial charge in [-0.2, -0.15) is 0 Å². The van der Waals surface area contributed by atoms with Gasteiger partial charge in [-0.1, -0.05) is 39.1 Å². The van der Waals surface area contributed by atoms with Gasteiger partial charge in [-0.05, 0) is 28.1 Å². The highest BCUT2D eigenvalue weighted by atomic mass is 79.9. The summed E-state index contributed by atoms with van der Waals surface area (Å²) in [6.45, 7) is 0. The highest BCUT2D eigenvalue weighted by Gasteiger charge is 2.13. The fraction of sp³-hybridized carbons (Fsp3) is 0.125. The summed E-state index contributed by atoms with van der Waals surface area (Å²) in [6, 6.07) is 3.24. The summed E-state index contributed by atoms with van der Waals surface area (Å²) in [6.07, 6.45) is 0. The monoisotopic (exact) mass is 344 g/mol. The average molecular weight is 347 g/mol. The number of carbonyl (C=O) groups is 1. The van der Waals surface area contributed by atoms with Crippen LogP contribution >= 0.6 is 55.1 Å². The Labute approximate surface area is 103 Å². The summed E-state index contributed by atoms with van der Waals surface area (Å²) in [5.41, 5.74) is 0.534. The van der Waals surface area contributed by atoms with Gasteiger partial charge in [0.05, 0.1) is 15.4 Å². The van der Waals surface area contributed by atoms with E-state index in [0.29, 0.717) is 20.1 Å². The van der Waals surface area contributed by atoms with Gasteiger partial charge in [0.25, 0.3) is 0 Å². The predicted octanol–water partition coefficient (Wildman–Crippen LogP) is 4.33. The second kappa shape index (κ2) is 4.78. The van der Waals surface area contributed by atoms with Gasteiger partial charge in [0, 0.05) is 10.0 Å². The minimum Gasteiger partial charge on any atom is -0.293 e. The van der Waals surface area contributed by atoms with E-state index in [4.69, 9.17) is 23.2 Å². The Morgan fingerprint density at radius 3 is 2.54 bits per heavy atom. The molecule has 0 spiro atoms. The van der Waals surface area contributed by atoms with E-state index in [0.717, 1.165) is 0 Å². The van der Waals surface area contributed by atoms with Crippen molar-refractivity contribution in [2.75, 3.05) is 5.33 Å². The molecule has 13 heavy (non-hydrogen) atoms. The third kappa shape index (κ3) is 2.46. The van der Waals surface area contributed by atoms with E-state index in [9.17, 15) is 4.79 Å². The van der Waals surface area contributed by atoms with Gasteiger partial charge in [0.1, 0.15) is 0 Å². The molecular weight excluding hydrogens is 343 g/mol. The van der Waals surface area contributed by atoms with Gasteiger partial charge in [-0.3, -0.25) is 4.79 Å². The number of rotatable bonds is 2. The van der Waals surface area contributed by atoms with Crippen LogP contribution in [0.15, 0.2) is 16.6 Å². The van der Waals surface area contributed by atoms with Crippen LogP contribution in [0.5, 0.6) is 0 Å². The van der Waals surface area contributed by atoms with Crippen LogP contribution in [0.1, 0.15) is 10.4 Å². The summed E-state index contributed by atoms with van der Waals surface area (Å²) >= 11 is 17.9. The maximum Gasteiger partial charge on any atom is 0.174 e. The van der Waals surface area contributed by atoms with Gasteiger partial charge in [-0.15, -0.1) is 0 Å². The molecular formula is C8H4Br2Cl2O. The van der Waals surface area contributed by atoms with E-state index < -0.39 is 0 Å². The first-order chi connectivity index (χ1) is 6.07. The van der Waals surface area contributed by atoms with Gasteiger partial charge in [-0.25, -0.2) is 0 Å². The number of hydrogen-bond acceptors (Lipinski definition) is 1. The molecule has 1 nitrogen and oxygen atoms in total. The predicted molar refractivity (Wildman–Crippen MR) is 62.3 cm³/mol. The number of ketones is 1. The molecule has 0 fully saturated rings. The largest absolute Gasteiger partial charge is 0.293 e. The summed E-state index contributed by atoms with van der Waals surface area (Å²) in [7, 11) is 0. The minimum absolute atomic E-state index is 0.0366. The fourth-order valence-corrected chi connectivity index (χ4v) is 2.12. The quantitative estimate of drug-likeness (QED) is 0.442. The standard InChI is InChI=1S/C8H4Br2Cl2O/c9-3-6(13)4-1-2-5(11)8(12)7(4)10/h1-2H,3H2. The maximum absolute atomic E-state index is 11.3. The summed E-state index contributed by atoms with van der Waals surface area (Å²) in [4.78, 5) is 11.3. The summed E-state index contributed by atoms with van der Waals surface area (Å²) in [5.74, 6) is -0.0366. The molecule has 0 aromatic heterocycles. The number of alkyl halides is 1. The first kappa shape index (κ1) is 11.5. The topological polar surface area (TPSA) is 17.1 Å². The lowest BCUT2D eigenvalue weighted by Crippen LogP contribution is -2.01. The molecule has 0 N–H and O–H groups in total. The molecule has 0 saturated heterocycles. The van der Waals surface area contributed by atoms with E-state index in [1.165, 1.54) is 0 Å². The zero-order chi connectivity index (χ0) is 10.0. The molecule has 0 unspecified atom stereocenters. The van der Waals surface area contributed by atoms with Crippen LogP contribution in [-0.2, 0) is 0 Å². The molecule has 0 heterocycles. The Morgan fingerprint density at radius 1 is 1.38 bits per heavy atom. The number of halogens is 4.